The van der Waals surface area contributed by atoms with Crippen LogP contribution in [0.1, 0.15) is 47.6 Å². The number of para-hydroxylation sites is 1. The van der Waals surface area contributed by atoms with Gasteiger partial charge < -0.3 is 10.3 Å². The zero-order valence-corrected chi connectivity index (χ0v) is 17.5. The third-order valence-corrected chi connectivity index (χ3v) is 5.70. The molecule has 1 amide bonds. The Morgan fingerprint density at radius 3 is 2.31 bits per heavy atom. The molecule has 1 heterocycles. The van der Waals surface area contributed by atoms with Crippen molar-refractivity contribution in [2.24, 2.45) is 0 Å². The molecule has 0 spiro atoms. The fraction of sp³-hybridized carbons (Fsp3) is 0.192. The lowest BCUT2D eigenvalue weighted by Crippen LogP contribution is -2.28. The first-order valence-electron chi connectivity index (χ1n) is 10.4. The van der Waals surface area contributed by atoms with Gasteiger partial charge in [-0.05, 0) is 35.7 Å². The Bertz CT molecular complexity index is 1210. The highest BCUT2D eigenvalue weighted by Gasteiger charge is 2.36. The second-order valence-electron chi connectivity index (χ2n) is 7.83. The van der Waals surface area contributed by atoms with Crippen LogP contribution in [0.2, 0.25) is 0 Å². The van der Waals surface area contributed by atoms with Crippen molar-refractivity contribution in [3.63, 3.8) is 0 Å². The SMILES string of the molecule is C[C@@H](NC(=O)C[C@H](c1ccccc1C(F)(F)F)c1c[nH]c2ccccc12)c1ccccc1. The van der Waals surface area contributed by atoms with Gasteiger partial charge in [0.1, 0.15) is 0 Å². The van der Waals surface area contributed by atoms with Crippen LogP contribution in [0.4, 0.5) is 13.2 Å². The van der Waals surface area contributed by atoms with Crippen molar-refractivity contribution in [2.45, 2.75) is 31.5 Å². The van der Waals surface area contributed by atoms with Crippen LogP contribution in [0.5, 0.6) is 0 Å². The van der Waals surface area contributed by atoms with Crippen LogP contribution in [-0.4, -0.2) is 10.9 Å². The topological polar surface area (TPSA) is 44.9 Å². The van der Waals surface area contributed by atoms with Gasteiger partial charge in [0.2, 0.25) is 5.91 Å². The maximum atomic E-state index is 13.8. The van der Waals surface area contributed by atoms with Gasteiger partial charge in [-0.3, -0.25) is 4.79 Å². The van der Waals surface area contributed by atoms with Crippen LogP contribution < -0.4 is 5.32 Å². The minimum Gasteiger partial charge on any atom is -0.361 e. The number of nitrogens with one attached hydrogen (secondary N) is 2. The molecule has 4 aromatic rings. The van der Waals surface area contributed by atoms with Gasteiger partial charge in [-0.15, -0.1) is 0 Å². The van der Waals surface area contributed by atoms with Crippen molar-refractivity contribution < 1.29 is 18.0 Å². The number of fused-ring (bicyclic) bond motifs is 1. The molecule has 0 aliphatic rings. The number of rotatable bonds is 6. The monoisotopic (exact) mass is 436 g/mol. The standard InChI is InChI=1S/C26H23F3N2O/c1-17(18-9-3-2-4-10-18)31-25(32)15-21(19-11-5-7-13-23(19)26(27,28)29)22-16-30-24-14-8-6-12-20(22)24/h2-14,16-17,21,30H,15H2,1H3,(H,31,32)/t17-,21-/m1/s1. The van der Waals surface area contributed by atoms with E-state index in [4.69, 9.17) is 0 Å². The fourth-order valence-electron chi connectivity index (χ4n) is 4.14. The summed E-state index contributed by atoms with van der Waals surface area (Å²) in [4.78, 5) is 16.1. The molecule has 1 aromatic heterocycles. The number of aromatic amines is 1. The average Bonchev–Trinajstić information content (AvgIpc) is 3.21. The Hall–Kier alpha value is -3.54. The van der Waals surface area contributed by atoms with E-state index in [2.05, 4.69) is 10.3 Å². The number of hydrogen-bond donors (Lipinski definition) is 2. The summed E-state index contributed by atoms with van der Waals surface area (Å²) < 4.78 is 41.5. The molecule has 0 fully saturated rings. The first kappa shape index (κ1) is 21.7. The maximum Gasteiger partial charge on any atom is 0.416 e. The molecule has 6 heteroatoms. The Labute approximate surface area is 184 Å². The number of halogens is 3. The molecule has 2 N–H and O–H groups in total. The summed E-state index contributed by atoms with van der Waals surface area (Å²) >= 11 is 0. The molecule has 3 nitrogen and oxygen atoms in total. The predicted molar refractivity (Wildman–Crippen MR) is 119 cm³/mol. The van der Waals surface area contributed by atoms with Crippen molar-refractivity contribution in [3.05, 3.63) is 107 Å². The molecule has 164 valence electrons. The molecule has 0 aliphatic carbocycles. The molecule has 0 radical (unpaired) electrons. The Balaban J connectivity index is 1.72. The predicted octanol–water partition coefficient (Wildman–Crippen LogP) is 6.59. The largest absolute Gasteiger partial charge is 0.416 e. The van der Waals surface area contributed by atoms with E-state index in [9.17, 15) is 18.0 Å². The summed E-state index contributed by atoms with van der Waals surface area (Å²) in [5.41, 5.74) is 1.78. The van der Waals surface area contributed by atoms with Gasteiger partial charge in [-0.1, -0.05) is 66.7 Å². The lowest BCUT2D eigenvalue weighted by Gasteiger charge is -2.23. The van der Waals surface area contributed by atoms with Crippen molar-refractivity contribution in [2.75, 3.05) is 0 Å². The summed E-state index contributed by atoms with van der Waals surface area (Å²) in [7, 11) is 0. The highest BCUT2D eigenvalue weighted by Crippen LogP contribution is 2.40. The van der Waals surface area contributed by atoms with Gasteiger partial charge in [-0.25, -0.2) is 0 Å². The Kier molecular flexibility index (Phi) is 6.04. The second-order valence-corrected chi connectivity index (χ2v) is 7.83. The first-order chi connectivity index (χ1) is 15.3. The van der Waals surface area contributed by atoms with E-state index < -0.39 is 17.7 Å². The molecule has 3 aromatic carbocycles. The third kappa shape index (κ3) is 4.54. The van der Waals surface area contributed by atoms with Crippen LogP contribution >= 0.6 is 0 Å². The van der Waals surface area contributed by atoms with Gasteiger partial charge in [0.25, 0.3) is 0 Å². The highest BCUT2D eigenvalue weighted by molar-refractivity contribution is 5.86. The van der Waals surface area contributed by atoms with Crippen LogP contribution in [0.15, 0.2) is 85.1 Å². The van der Waals surface area contributed by atoms with Crippen LogP contribution in [0, 0.1) is 0 Å². The van der Waals surface area contributed by atoms with E-state index in [0.717, 1.165) is 22.5 Å². The smallest absolute Gasteiger partial charge is 0.361 e. The summed E-state index contributed by atoms with van der Waals surface area (Å²) in [5.74, 6) is -1.07. The molecular formula is C26H23F3N2O. The summed E-state index contributed by atoms with van der Waals surface area (Å²) in [5, 5.41) is 3.74. The first-order valence-corrected chi connectivity index (χ1v) is 10.4. The summed E-state index contributed by atoms with van der Waals surface area (Å²) in [6, 6.07) is 22.1. The number of benzene rings is 3. The lowest BCUT2D eigenvalue weighted by atomic mass is 9.85. The lowest BCUT2D eigenvalue weighted by molar-refractivity contribution is -0.138. The Morgan fingerprint density at radius 1 is 0.906 bits per heavy atom. The number of carbonyl (C=O) groups is 1. The van der Waals surface area contributed by atoms with Gasteiger partial charge in [0.15, 0.2) is 0 Å². The molecule has 4 rings (SSSR count). The second kappa shape index (κ2) is 8.91. The molecule has 0 saturated heterocycles. The normalized spacial score (nSPS) is 13.6. The van der Waals surface area contributed by atoms with Crippen molar-refractivity contribution in [1.82, 2.24) is 10.3 Å². The van der Waals surface area contributed by atoms with Gasteiger partial charge in [-0.2, -0.15) is 13.2 Å². The number of amides is 1. The zero-order chi connectivity index (χ0) is 22.7. The highest BCUT2D eigenvalue weighted by atomic mass is 19.4. The Morgan fingerprint density at radius 2 is 1.56 bits per heavy atom. The van der Waals surface area contributed by atoms with E-state index in [1.807, 2.05) is 61.5 Å². The zero-order valence-electron chi connectivity index (χ0n) is 17.5. The van der Waals surface area contributed by atoms with Crippen molar-refractivity contribution in [1.29, 1.82) is 0 Å². The van der Waals surface area contributed by atoms with E-state index >= 15 is 0 Å². The number of H-pyrrole nitrogens is 1. The van der Waals surface area contributed by atoms with E-state index in [1.54, 1.807) is 12.3 Å². The van der Waals surface area contributed by atoms with Crippen LogP contribution in [0.25, 0.3) is 10.9 Å². The van der Waals surface area contributed by atoms with E-state index in [0.29, 0.717) is 5.56 Å². The van der Waals surface area contributed by atoms with Gasteiger partial charge in [0, 0.05) is 29.4 Å². The molecule has 0 saturated carbocycles. The molecule has 32 heavy (non-hydrogen) atoms. The van der Waals surface area contributed by atoms with Gasteiger partial charge in [0.05, 0.1) is 11.6 Å². The minimum atomic E-state index is -4.52. The molecular weight excluding hydrogens is 413 g/mol. The molecule has 2 atom stereocenters. The number of hydrogen-bond acceptors (Lipinski definition) is 1. The number of aromatic nitrogens is 1. The van der Waals surface area contributed by atoms with E-state index in [1.165, 1.54) is 12.1 Å². The quantitative estimate of drug-likeness (QED) is 0.352. The molecule has 0 aliphatic heterocycles. The van der Waals surface area contributed by atoms with Crippen LogP contribution in [-0.2, 0) is 11.0 Å². The summed E-state index contributed by atoms with van der Waals surface area (Å²) in [6.07, 6.45) is -2.92. The maximum absolute atomic E-state index is 13.8. The number of alkyl halides is 3. The average molecular weight is 436 g/mol. The van der Waals surface area contributed by atoms with Crippen molar-refractivity contribution in [3.8, 4) is 0 Å². The van der Waals surface area contributed by atoms with E-state index in [-0.39, 0.29) is 23.9 Å². The van der Waals surface area contributed by atoms with Crippen molar-refractivity contribution >= 4 is 16.8 Å². The minimum absolute atomic E-state index is 0.0901. The third-order valence-electron chi connectivity index (χ3n) is 5.70. The van der Waals surface area contributed by atoms with Gasteiger partial charge >= 0.3 is 6.18 Å². The fourth-order valence-corrected chi connectivity index (χ4v) is 4.14. The molecule has 0 unspecified atom stereocenters. The summed E-state index contributed by atoms with van der Waals surface area (Å²) in [6.45, 7) is 1.86. The number of carbonyl (C=O) groups excluding carboxylic acids is 1. The molecule has 0 bridgehead atoms. The van der Waals surface area contributed by atoms with Crippen LogP contribution in [0.3, 0.4) is 0 Å².